The Labute approximate surface area is 158 Å². The van der Waals surface area contributed by atoms with E-state index in [4.69, 9.17) is 6.42 Å². The Bertz CT molecular complexity index is 1050. The summed E-state index contributed by atoms with van der Waals surface area (Å²) >= 11 is 0. The van der Waals surface area contributed by atoms with Crippen molar-refractivity contribution in [3.63, 3.8) is 0 Å². The largest absolute Gasteiger partial charge is 0.483 e. The number of alkyl halides is 2. The van der Waals surface area contributed by atoms with Gasteiger partial charge in [0.25, 0.3) is 0 Å². The van der Waals surface area contributed by atoms with Crippen LogP contribution >= 0.6 is 0 Å². The lowest BCUT2D eigenvalue weighted by Crippen LogP contribution is -2.51. The van der Waals surface area contributed by atoms with Crippen molar-refractivity contribution >= 4 is 17.3 Å². The smallest absolute Gasteiger partial charge is 0.423 e. The van der Waals surface area contributed by atoms with Gasteiger partial charge in [-0.15, -0.1) is 6.42 Å². The monoisotopic (exact) mass is 418 g/mol. The van der Waals surface area contributed by atoms with E-state index in [0.717, 1.165) is 7.05 Å². The lowest BCUT2D eigenvalue weighted by atomic mass is 10.00. The zero-order chi connectivity index (χ0) is 21.7. The van der Waals surface area contributed by atoms with Gasteiger partial charge in [0.05, 0.1) is 17.8 Å². The first-order valence-corrected chi connectivity index (χ1v) is 7.75. The second-order valence-electron chi connectivity index (χ2n) is 5.77. The second kappa shape index (κ2) is 6.88. The van der Waals surface area contributed by atoms with Crippen LogP contribution in [0.2, 0.25) is 0 Å². The van der Waals surface area contributed by atoms with Gasteiger partial charge < -0.3 is 10.1 Å². The number of carbonyl (C=O) groups excluding carboxylic acids is 1. The van der Waals surface area contributed by atoms with Gasteiger partial charge in [0.15, 0.2) is 29.0 Å². The topological polar surface area (TPSA) is 41.6 Å². The van der Waals surface area contributed by atoms with Gasteiger partial charge >= 0.3 is 12.0 Å². The van der Waals surface area contributed by atoms with Crippen molar-refractivity contribution in [1.82, 2.24) is 0 Å². The van der Waals surface area contributed by atoms with Crippen molar-refractivity contribution in [2.45, 2.75) is 6.11 Å². The van der Waals surface area contributed by atoms with Crippen molar-refractivity contribution in [2.24, 2.45) is 0 Å². The number of ether oxygens (including phenoxy) is 1. The first-order valence-electron chi connectivity index (χ1n) is 7.75. The molecule has 0 saturated carbocycles. The molecule has 1 amide bonds. The third-order valence-corrected chi connectivity index (χ3v) is 4.10. The summed E-state index contributed by atoms with van der Waals surface area (Å²) in [5.41, 5.74) is -4.17. The fraction of sp³-hybridized carbons (Fsp3) is 0.167. The van der Waals surface area contributed by atoms with Gasteiger partial charge in [-0.05, 0) is 6.07 Å². The number of carbonyl (C=O) groups is 1. The van der Waals surface area contributed by atoms with E-state index in [0.29, 0.717) is 17.0 Å². The molecule has 0 unspecified atom stereocenters. The average Bonchev–Trinajstić information content (AvgIpc) is 2.65. The Balaban J connectivity index is 2.31. The molecule has 11 heteroatoms. The van der Waals surface area contributed by atoms with E-state index in [9.17, 15) is 35.5 Å². The standard InChI is InChI=1S/C18H9F7N2O2/c1-3-4-27-9-5-7(8(19)6-10(9)29-18(24,25)17(27)28)11-12(20)14(22)16(26-2)15(23)13(11)21/h1,5-6,26H,4H2,2H3. The van der Waals surface area contributed by atoms with Gasteiger partial charge in [-0.2, -0.15) is 8.78 Å². The summed E-state index contributed by atoms with van der Waals surface area (Å²) in [5.74, 6) is -9.94. The Kier molecular flexibility index (Phi) is 4.82. The predicted molar refractivity (Wildman–Crippen MR) is 88.0 cm³/mol. The highest BCUT2D eigenvalue weighted by atomic mass is 19.3. The predicted octanol–water partition coefficient (Wildman–Crippen LogP) is 4.04. The average molecular weight is 418 g/mol. The van der Waals surface area contributed by atoms with E-state index in [2.05, 4.69) is 4.74 Å². The summed E-state index contributed by atoms with van der Waals surface area (Å²) in [7, 11) is 1.00. The van der Waals surface area contributed by atoms with Gasteiger partial charge in [-0.3, -0.25) is 9.69 Å². The molecule has 1 heterocycles. The van der Waals surface area contributed by atoms with Gasteiger partial charge in [0.2, 0.25) is 0 Å². The molecule has 0 aliphatic carbocycles. The Morgan fingerprint density at radius 1 is 1.10 bits per heavy atom. The number of hydrogen-bond donors (Lipinski definition) is 1. The van der Waals surface area contributed by atoms with Crippen molar-refractivity contribution in [3.8, 4) is 29.2 Å². The minimum atomic E-state index is -4.37. The SMILES string of the molecule is C#CCN1C(=O)C(F)(F)Oc2cc(F)c(-c3c(F)c(F)c(NC)c(F)c3F)cc21. The molecule has 3 rings (SSSR count). The zero-order valence-corrected chi connectivity index (χ0v) is 14.3. The first-order chi connectivity index (χ1) is 13.5. The van der Waals surface area contributed by atoms with Crippen LogP contribution in [0.3, 0.4) is 0 Å². The third-order valence-electron chi connectivity index (χ3n) is 4.10. The first kappa shape index (κ1) is 20.3. The van der Waals surface area contributed by atoms with E-state index >= 15 is 0 Å². The zero-order valence-electron chi connectivity index (χ0n) is 14.3. The van der Waals surface area contributed by atoms with Crippen molar-refractivity contribution in [2.75, 3.05) is 23.8 Å². The second-order valence-corrected chi connectivity index (χ2v) is 5.77. The van der Waals surface area contributed by atoms with Gasteiger partial charge in [0.1, 0.15) is 11.5 Å². The summed E-state index contributed by atoms with van der Waals surface area (Å²) in [6.45, 7) is -0.720. The quantitative estimate of drug-likeness (QED) is 0.465. The van der Waals surface area contributed by atoms with Crippen LogP contribution in [0.5, 0.6) is 5.75 Å². The van der Waals surface area contributed by atoms with Crippen LogP contribution in [0.15, 0.2) is 12.1 Å². The molecule has 0 spiro atoms. The molecular formula is C18H9F7N2O2. The number of fused-ring (bicyclic) bond motifs is 1. The van der Waals surface area contributed by atoms with E-state index in [1.807, 2.05) is 11.2 Å². The Hall–Kier alpha value is -3.42. The molecule has 29 heavy (non-hydrogen) atoms. The summed E-state index contributed by atoms with van der Waals surface area (Å²) in [5, 5.41) is 1.92. The molecule has 0 atom stereocenters. The van der Waals surface area contributed by atoms with Crippen LogP contribution in [-0.2, 0) is 4.79 Å². The summed E-state index contributed by atoms with van der Waals surface area (Å²) in [6.07, 6.45) is 0.662. The van der Waals surface area contributed by atoms with Gasteiger partial charge in [0, 0.05) is 18.7 Å². The highest BCUT2D eigenvalue weighted by Crippen LogP contribution is 2.44. The van der Waals surface area contributed by atoms with Crippen molar-refractivity contribution in [1.29, 1.82) is 0 Å². The highest BCUT2D eigenvalue weighted by molar-refractivity contribution is 6.02. The minimum Gasteiger partial charge on any atom is -0.423 e. The number of hydrogen-bond acceptors (Lipinski definition) is 3. The fourth-order valence-electron chi connectivity index (χ4n) is 2.81. The molecule has 0 radical (unpaired) electrons. The maximum Gasteiger partial charge on any atom is 0.483 e. The van der Waals surface area contributed by atoms with E-state index in [-0.39, 0.29) is 0 Å². The lowest BCUT2D eigenvalue weighted by molar-refractivity contribution is -0.192. The molecular weight excluding hydrogens is 409 g/mol. The molecule has 2 aromatic carbocycles. The van der Waals surface area contributed by atoms with Crippen molar-refractivity contribution in [3.05, 3.63) is 41.2 Å². The van der Waals surface area contributed by atoms with E-state index < -0.39 is 75.9 Å². The minimum absolute atomic E-state index is 0.301. The lowest BCUT2D eigenvalue weighted by Gasteiger charge is -2.32. The molecule has 0 bridgehead atoms. The number of anilines is 2. The number of terminal acetylenes is 1. The Morgan fingerprint density at radius 3 is 2.21 bits per heavy atom. The maximum atomic E-state index is 14.5. The molecule has 1 aliphatic heterocycles. The van der Waals surface area contributed by atoms with Crippen LogP contribution in [0.25, 0.3) is 11.1 Å². The molecule has 0 fully saturated rings. The molecule has 0 aromatic heterocycles. The maximum absolute atomic E-state index is 14.5. The van der Waals surface area contributed by atoms with Gasteiger partial charge in [-0.25, -0.2) is 22.0 Å². The number of rotatable bonds is 3. The van der Waals surface area contributed by atoms with Crippen LogP contribution in [-0.4, -0.2) is 25.6 Å². The molecule has 0 saturated heterocycles. The number of nitrogens with one attached hydrogen (secondary N) is 1. The number of benzene rings is 2. The van der Waals surface area contributed by atoms with Crippen LogP contribution < -0.4 is 15.0 Å². The van der Waals surface area contributed by atoms with Crippen molar-refractivity contribution < 1.29 is 40.3 Å². The number of nitrogens with zero attached hydrogens (tertiary/aromatic N) is 1. The van der Waals surface area contributed by atoms with E-state index in [1.165, 1.54) is 0 Å². The fourth-order valence-corrected chi connectivity index (χ4v) is 2.81. The third kappa shape index (κ3) is 3.00. The normalized spacial score (nSPS) is 14.9. The number of amides is 1. The van der Waals surface area contributed by atoms with Crippen LogP contribution in [0, 0.1) is 41.4 Å². The molecule has 2 aromatic rings. The molecule has 152 valence electrons. The molecule has 1 aliphatic rings. The molecule has 1 N–H and O–H groups in total. The number of halogens is 7. The summed E-state index contributed by atoms with van der Waals surface area (Å²) < 4.78 is 103. The van der Waals surface area contributed by atoms with Crippen LogP contribution in [0.1, 0.15) is 0 Å². The Morgan fingerprint density at radius 2 is 1.69 bits per heavy atom. The summed E-state index contributed by atoms with van der Waals surface area (Å²) in [4.78, 5) is 12.2. The summed E-state index contributed by atoms with van der Waals surface area (Å²) in [6, 6.07) is 0.837. The van der Waals surface area contributed by atoms with Gasteiger partial charge in [-0.1, -0.05) is 5.92 Å². The van der Waals surface area contributed by atoms with Crippen LogP contribution in [0.4, 0.5) is 42.1 Å². The highest BCUT2D eigenvalue weighted by Gasteiger charge is 2.50. The molecule has 4 nitrogen and oxygen atoms in total. The van der Waals surface area contributed by atoms with E-state index in [1.54, 1.807) is 0 Å².